The van der Waals surface area contributed by atoms with Crippen molar-refractivity contribution in [3.05, 3.63) is 92.1 Å². The normalized spacial score (nSPS) is 11.6. The summed E-state index contributed by atoms with van der Waals surface area (Å²) in [5.74, 6) is -0.867. The fourth-order valence-electron chi connectivity index (χ4n) is 2.59. The number of benzene rings is 2. The standard InChI is InChI=1S/C21H17Cl2NO3S/c22-16-8-4-9-17(23)15(16)13-27-21(26)18(12-14-6-2-1-3-7-14)24-20(25)19-10-5-11-28-19/h1-11,18H,12-13H2,(H,24,25)/t18-/m0/s1. The van der Waals surface area contributed by atoms with E-state index >= 15 is 0 Å². The highest BCUT2D eigenvalue weighted by molar-refractivity contribution is 7.12. The smallest absolute Gasteiger partial charge is 0.329 e. The quantitative estimate of drug-likeness (QED) is 0.524. The molecule has 0 bridgehead atoms. The zero-order valence-electron chi connectivity index (χ0n) is 14.7. The first-order valence-electron chi connectivity index (χ1n) is 8.52. The Hall–Kier alpha value is -2.34. The molecule has 2 aromatic carbocycles. The van der Waals surface area contributed by atoms with E-state index < -0.39 is 12.0 Å². The third-order valence-corrected chi connectivity index (χ3v) is 5.61. The summed E-state index contributed by atoms with van der Waals surface area (Å²) in [5, 5.41) is 5.41. The average molecular weight is 434 g/mol. The van der Waals surface area contributed by atoms with Crippen LogP contribution >= 0.6 is 34.5 Å². The summed E-state index contributed by atoms with van der Waals surface area (Å²) < 4.78 is 5.42. The molecule has 0 aliphatic carbocycles. The van der Waals surface area contributed by atoms with Gasteiger partial charge in [-0.05, 0) is 29.1 Å². The third-order valence-electron chi connectivity index (χ3n) is 4.04. The summed E-state index contributed by atoms with van der Waals surface area (Å²) in [6, 6.07) is 17.1. The third kappa shape index (κ3) is 5.35. The average Bonchev–Trinajstić information content (AvgIpc) is 3.22. The van der Waals surface area contributed by atoms with Crippen molar-refractivity contribution in [2.45, 2.75) is 19.1 Å². The number of nitrogens with one attached hydrogen (secondary N) is 1. The summed E-state index contributed by atoms with van der Waals surface area (Å²) in [6.07, 6.45) is 0.313. The molecule has 1 amide bonds. The van der Waals surface area contributed by atoms with Crippen LogP contribution in [0.2, 0.25) is 10.0 Å². The Kier molecular flexibility index (Phi) is 7.09. The second-order valence-electron chi connectivity index (χ2n) is 6.00. The molecule has 3 aromatic rings. The van der Waals surface area contributed by atoms with Gasteiger partial charge in [0, 0.05) is 22.0 Å². The van der Waals surface area contributed by atoms with Crippen molar-refractivity contribution in [3.63, 3.8) is 0 Å². The Morgan fingerprint density at radius 3 is 2.32 bits per heavy atom. The molecule has 1 aromatic heterocycles. The Morgan fingerprint density at radius 1 is 0.964 bits per heavy atom. The molecular formula is C21H17Cl2NO3S. The maximum atomic E-state index is 12.7. The van der Waals surface area contributed by atoms with E-state index in [0.717, 1.165) is 5.56 Å². The van der Waals surface area contributed by atoms with Crippen LogP contribution in [-0.4, -0.2) is 17.9 Å². The topological polar surface area (TPSA) is 55.4 Å². The molecule has 28 heavy (non-hydrogen) atoms. The molecule has 4 nitrogen and oxygen atoms in total. The molecule has 3 rings (SSSR count). The van der Waals surface area contributed by atoms with Gasteiger partial charge in [-0.15, -0.1) is 11.3 Å². The fraction of sp³-hybridized carbons (Fsp3) is 0.143. The minimum atomic E-state index is -0.835. The SMILES string of the molecule is O=C(N[C@@H](Cc1ccccc1)C(=O)OCc1c(Cl)cccc1Cl)c1cccs1. The zero-order chi connectivity index (χ0) is 19.9. The molecule has 0 unspecified atom stereocenters. The van der Waals surface area contributed by atoms with Gasteiger partial charge in [0.25, 0.3) is 5.91 Å². The number of hydrogen-bond acceptors (Lipinski definition) is 4. The van der Waals surface area contributed by atoms with Gasteiger partial charge in [0.15, 0.2) is 0 Å². The molecule has 0 aliphatic heterocycles. The van der Waals surface area contributed by atoms with Gasteiger partial charge in [-0.2, -0.15) is 0 Å². The van der Waals surface area contributed by atoms with Gasteiger partial charge in [-0.25, -0.2) is 4.79 Å². The van der Waals surface area contributed by atoms with Crippen LogP contribution in [0, 0.1) is 0 Å². The summed E-state index contributed by atoms with van der Waals surface area (Å²) in [4.78, 5) is 25.7. The van der Waals surface area contributed by atoms with Crippen molar-refractivity contribution < 1.29 is 14.3 Å². The van der Waals surface area contributed by atoms with E-state index in [1.165, 1.54) is 11.3 Å². The predicted molar refractivity (Wildman–Crippen MR) is 112 cm³/mol. The van der Waals surface area contributed by atoms with Crippen molar-refractivity contribution in [2.24, 2.45) is 0 Å². The second kappa shape index (κ2) is 9.73. The molecule has 0 saturated carbocycles. The van der Waals surface area contributed by atoms with Gasteiger partial charge in [-0.3, -0.25) is 4.79 Å². The summed E-state index contributed by atoms with van der Waals surface area (Å²) in [6.45, 7) is -0.0719. The van der Waals surface area contributed by atoms with Gasteiger partial charge in [0.05, 0.1) is 4.88 Å². The highest BCUT2D eigenvalue weighted by Crippen LogP contribution is 2.25. The lowest BCUT2D eigenvalue weighted by Gasteiger charge is -2.18. The second-order valence-corrected chi connectivity index (χ2v) is 7.76. The maximum absolute atomic E-state index is 12.7. The first-order chi connectivity index (χ1) is 13.5. The van der Waals surface area contributed by atoms with Crippen LogP contribution in [-0.2, 0) is 22.6 Å². The Labute approximate surface area is 177 Å². The Balaban J connectivity index is 1.73. The van der Waals surface area contributed by atoms with Crippen LogP contribution in [0.1, 0.15) is 20.8 Å². The van der Waals surface area contributed by atoms with Crippen molar-refractivity contribution in [2.75, 3.05) is 0 Å². The number of rotatable bonds is 7. The Morgan fingerprint density at radius 2 is 1.68 bits per heavy atom. The number of hydrogen-bond donors (Lipinski definition) is 1. The number of carbonyl (C=O) groups excluding carboxylic acids is 2. The van der Waals surface area contributed by atoms with Crippen molar-refractivity contribution in [3.8, 4) is 0 Å². The van der Waals surface area contributed by atoms with E-state index in [-0.39, 0.29) is 12.5 Å². The largest absolute Gasteiger partial charge is 0.459 e. The molecule has 0 spiro atoms. The summed E-state index contributed by atoms with van der Waals surface area (Å²) >= 11 is 13.6. The lowest BCUT2D eigenvalue weighted by Crippen LogP contribution is -2.43. The first-order valence-corrected chi connectivity index (χ1v) is 10.2. The zero-order valence-corrected chi connectivity index (χ0v) is 17.1. The van der Waals surface area contributed by atoms with Gasteiger partial charge >= 0.3 is 5.97 Å². The summed E-state index contributed by atoms with van der Waals surface area (Å²) in [7, 11) is 0. The van der Waals surface area contributed by atoms with E-state index in [1.54, 1.807) is 35.7 Å². The van der Waals surface area contributed by atoms with Gasteiger partial charge < -0.3 is 10.1 Å². The van der Waals surface area contributed by atoms with Gasteiger partial charge in [-0.1, -0.05) is 65.7 Å². The van der Waals surface area contributed by atoms with Crippen LogP contribution in [0.3, 0.4) is 0 Å². The van der Waals surface area contributed by atoms with Crippen molar-refractivity contribution in [1.29, 1.82) is 0 Å². The minimum absolute atomic E-state index is 0.0719. The number of halogens is 2. The van der Waals surface area contributed by atoms with E-state index in [2.05, 4.69) is 5.32 Å². The van der Waals surface area contributed by atoms with Crippen LogP contribution in [0.4, 0.5) is 0 Å². The van der Waals surface area contributed by atoms with Crippen molar-refractivity contribution in [1.82, 2.24) is 5.32 Å². The Bertz CT molecular complexity index is 925. The molecule has 1 heterocycles. The van der Waals surface area contributed by atoms with E-state index in [4.69, 9.17) is 27.9 Å². The highest BCUT2D eigenvalue weighted by Gasteiger charge is 2.24. The minimum Gasteiger partial charge on any atom is -0.459 e. The van der Waals surface area contributed by atoms with E-state index in [0.29, 0.717) is 26.9 Å². The molecule has 0 aliphatic rings. The molecule has 144 valence electrons. The molecule has 7 heteroatoms. The molecule has 0 fully saturated rings. The van der Waals surface area contributed by atoms with E-state index in [9.17, 15) is 9.59 Å². The lowest BCUT2D eigenvalue weighted by atomic mass is 10.1. The van der Waals surface area contributed by atoms with Crippen LogP contribution in [0.25, 0.3) is 0 Å². The molecular weight excluding hydrogens is 417 g/mol. The van der Waals surface area contributed by atoms with E-state index in [1.807, 2.05) is 30.3 Å². The molecule has 1 N–H and O–H groups in total. The molecule has 0 saturated heterocycles. The van der Waals surface area contributed by atoms with Crippen LogP contribution in [0.5, 0.6) is 0 Å². The number of amides is 1. The fourth-order valence-corrected chi connectivity index (χ4v) is 3.73. The molecule has 1 atom stereocenters. The highest BCUT2D eigenvalue weighted by atomic mass is 35.5. The number of carbonyl (C=O) groups is 2. The first kappa shape index (κ1) is 20.4. The number of ether oxygens (including phenoxy) is 1. The van der Waals surface area contributed by atoms with Gasteiger partial charge in [0.1, 0.15) is 12.6 Å². The summed E-state index contributed by atoms with van der Waals surface area (Å²) in [5.41, 5.74) is 1.44. The van der Waals surface area contributed by atoms with Crippen molar-refractivity contribution >= 4 is 46.4 Å². The number of thiophene rings is 1. The van der Waals surface area contributed by atoms with Crippen LogP contribution in [0.15, 0.2) is 66.0 Å². The maximum Gasteiger partial charge on any atom is 0.329 e. The number of esters is 1. The predicted octanol–water partition coefficient (Wildman–Crippen LogP) is 5.14. The lowest BCUT2D eigenvalue weighted by molar-refractivity contribution is -0.147. The van der Waals surface area contributed by atoms with Crippen LogP contribution < -0.4 is 5.32 Å². The molecule has 0 radical (unpaired) electrons. The monoisotopic (exact) mass is 433 g/mol. The van der Waals surface area contributed by atoms with Gasteiger partial charge in [0.2, 0.25) is 0 Å².